The van der Waals surface area contributed by atoms with E-state index in [9.17, 15) is 19.5 Å². The van der Waals surface area contributed by atoms with E-state index < -0.39 is 35.4 Å². The van der Waals surface area contributed by atoms with Gasteiger partial charge >= 0.3 is 18.2 Å². The summed E-state index contributed by atoms with van der Waals surface area (Å²) in [5.74, 6) is -0.513. The Morgan fingerprint density at radius 3 is 1.83 bits per heavy atom. The highest BCUT2D eigenvalue weighted by atomic mass is 16.6. The van der Waals surface area contributed by atoms with Crippen molar-refractivity contribution < 1.29 is 29.0 Å². The first-order chi connectivity index (χ1) is 15.9. The lowest BCUT2D eigenvalue weighted by Crippen LogP contribution is -2.62. The number of carbonyl (C=O) groups excluding carboxylic acids is 2. The van der Waals surface area contributed by atoms with E-state index in [0.717, 1.165) is 4.90 Å². The van der Waals surface area contributed by atoms with Crippen molar-refractivity contribution in [1.29, 1.82) is 0 Å². The van der Waals surface area contributed by atoms with Crippen LogP contribution in [0.2, 0.25) is 0 Å². The first kappa shape index (κ1) is 28.3. The summed E-state index contributed by atoms with van der Waals surface area (Å²) < 4.78 is 10.8. The van der Waals surface area contributed by atoms with Crippen LogP contribution in [0.1, 0.15) is 67.9 Å². The third-order valence-electron chi connectivity index (χ3n) is 5.07. The van der Waals surface area contributed by atoms with Gasteiger partial charge in [0.15, 0.2) is 0 Å². The van der Waals surface area contributed by atoms with Crippen molar-refractivity contribution in [3.8, 4) is 0 Å². The van der Waals surface area contributed by atoms with Gasteiger partial charge in [0, 0.05) is 43.1 Å². The molecule has 0 spiro atoms. The Balaban J connectivity index is 2.19. The molecule has 0 saturated carbocycles. The summed E-state index contributed by atoms with van der Waals surface area (Å²) in [4.78, 5) is 50.7. The van der Waals surface area contributed by atoms with Crippen molar-refractivity contribution in [3.63, 3.8) is 0 Å². The zero-order valence-corrected chi connectivity index (χ0v) is 22.3. The number of amides is 2. The first-order valence-corrected chi connectivity index (χ1v) is 11.7. The van der Waals surface area contributed by atoms with Crippen molar-refractivity contribution in [1.82, 2.24) is 19.8 Å². The molecule has 196 valence electrons. The van der Waals surface area contributed by atoms with Crippen LogP contribution in [-0.2, 0) is 20.8 Å². The molecule has 1 aliphatic heterocycles. The Labute approximate surface area is 207 Å². The van der Waals surface area contributed by atoms with Crippen LogP contribution in [0.3, 0.4) is 0 Å². The van der Waals surface area contributed by atoms with Crippen LogP contribution in [0.25, 0.3) is 0 Å². The molecule has 1 fully saturated rings. The van der Waals surface area contributed by atoms with Crippen molar-refractivity contribution >= 4 is 24.1 Å². The summed E-state index contributed by atoms with van der Waals surface area (Å²) in [7, 11) is 0. The maximum atomic E-state index is 12.7. The summed E-state index contributed by atoms with van der Waals surface area (Å²) in [5, 5.41) is 9.74. The molecule has 1 atom stereocenters. The van der Waals surface area contributed by atoms with Gasteiger partial charge in [-0.05, 0) is 62.3 Å². The molecular weight excluding hydrogens is 454 g/mol. The second-order valence-corrected chi connectivity index (χ2v) is 11.6. The fourth-order valence-corrected chi connectivity index (χ4v) is 3.59. The summed E-state index contributed by atoms with van der Waals surface area (Å²) in [6, 6.07) is -0.693. The Hall–Kier alpha value is -2.95. The van der Waals surface area contributed by atoms with E-state index >= 15 is 0 Å². The Kier molecular flexibility index (Phi) is 8.36. The summed E-state index contributed by atoms with van der Waals surface area (Å²) >= 11 is 0. The molecule has 0 aromatic carbocycles. The number of rotatable bonds is 4. The highest BCUT2D eigenvalue weighted by molar-refractivity contribution is 5.88. The second-order valence-electron chi connectivity index (χ2n) is 11.6. The van der Waals surface area contributed by atoms with E-state index in [1.807, 2.05) is 30.6 Å². The number of hydrogen-bond donors (Lipinski definition) is 1. The predicted octanol–water partition coefficient (Wildman–Crippen LogP) is 3.52. The van der Waals surface area contributed by atoms with Gasteiger partial charge in [0.2, 0.25) is 5.95 Å². The van der Waals surface area contributed by atoms with E-state index in [4.69, 9.17) is 9.47 Å². The quantitative estimate of drug-likeness (QED) is 0.666. The molecule has 1 aromatic rings. The maximum Gasteiger partial charge on any atom is 0.420 e. The molecule has 1 saturated heterocycles. The number of carboxylic acid groups (broad SMARTS) is 1. The van der Waals surface area contributed by atoms with E-state index in [1.54, 1.807) is 41.5 Å². The molecule has 11 heteroatoms. The number of hydrogen-bond acceptors (Lipinski definition) is 9. The highest BCUT2D eigenvalue weighted by Gasteiger charge is 2.39. The van der Waals surface area contributed by atoms with Crippen LogP contribution in [0.4, 0.5) is 15.5 Å². The lowest BCUT2D eigenvalue weighted by Gasteiger charge is -2.46. The molecule has 0 aliphatic carbocycles. The Morgan fingerprint density at radius 2 is 1.43 bits per heavy atom. The standard InChI is InChI=1S/C24H39N5O6/c1-22(2,3)29-11-10-27(15-17(29)18(30)31)19-25-12-16(13-26-19)14-28(20(32)34-23(4,5)6)21(33)35-24(7,8)9/h12-13,17H,10-11,14-15H2,1-9H3,(H,30,31). The van der Waals surface area contributed by atoms with Gasteiger partial charge < -0.3 is 19.5 Å². The lowest BCUT2D eigenvalue weighted by atomic mass is 10.0. The fourth-order valence-electron chi connectivity index (χ4n) is 3.59. The van der Waals surface area contributed by atoms with E-state index in [2.05, 4.69) is 9.97 Å². The van der Waals surface area contributed by atoms with Crippen molar-refractivity contribution in [2.75, 3.05) is 24.5 Å². The maximum absolute atomic E-state index is 12.7. The van der Waals surface area contributed by atoms with Crippen LogP contribution in [0, 0.1) is 0 Å². The molecule has 2 rings (SSSR count). The topological polar surface area (TPSA) is 125 Å². The molecule has 0 radical (unpaired) electrons. The average molecular weight is 494 g/mol. The van der Waals surface area contributed by atoms with Gasteiger partial charge in [-0.2, -0.15) is 0 Å². The minimum absolute atomic E-state index is 0.139. The number of ether oxygens (including phenoxy) is 2. The first-order valence-electron chi connectivity index (χ1n) is 11.7. The molecule has 1 unspecified atom stereocenters. The summed E-state index contributed by atoms with van der Waals surface area (Å²) in [6.45, 7) is 17.5. The van der Waals surface area contributed by atoms with Gasteiger partial charge in [0.05, 0.1) is 6.54 Å². The van der Waals surface area contributed by atoms with E-state index in [-0.39, 0.29) is 18.6 Å². The highest BCUT2D eigenvalue weighted by Crippen LogP contribution is 2.24. The van der Waals surface area contributed by atoms with Crippen LogP contribution in [0.5, 0.6) is 0 Å². The third-order valence-corrected chi connectivity index (χ3v) is 5.07. The Bertz CT molecular complexity index is 886. The largest absolute Gasteiger partial charge is 0.480 e. The number of carboxylic acids is 1. The zero-order valence-electron chi connectivity index (χ0n) is 22.3. The monoisotopic (exact) mass is 493 g/mol. The smallest absolute Gasteiger partial charge is 0.420 e. The summed E-state index contributed by atoms with van der Waals surface area (Å²) in [6.07, 6.45) is 1.35. The van der Waals surface area contributed by atoms with Gasteiger partial charge in [-0.3, -0.25) is 9.69 Å². The van der Waals surface area contributed by atoms with Crippen LogP contribution < -0.4 is 4.90 Å². The van der Waals surface area contributed by atoms with Crippen LogP contribution in [-0.4, -0.2) is 85.4 Å². The van der Waals surface area contributed by atoms with Crippen LogP contribution >= 0.6 is 0 Å². The number of nitrogens with zero attached hydrogens (tertiary/aromatic N) is 5. The summed E-state index contributed by atoms with van der Waals surface area (Å²) in [5.41, 5.74) is -1.39. The third kappa shape index (κ3) is 8.34. The van der Waals surface area contributed by atoms with Crippen molar-refractivity contribution in [2.45, 2.75) is 91.6 Å². The number of carbonyl (C=O) groups is 3. The molecule has 1 aromatic heterocycles. The van der Waals surface area contributed by atoms with E-state index in [1.165, 1.54) is 12.4 Å². The van der Waals surface area contributed by atoms with Gasteiger partial charge in [0.25, 0.3) is 0 Å². The minimum Gasteiger partial charge on any atom is -0.480 e. The minimum atomic E-state index is -0.897. The van der Waals surface area contributed by atoms with Crippen LogP contribution in [0.15, 0.2) is 12.4 Å². The molecule has 35 heavy (non-hydrogen) atoms. The molecule has 2 amide bonds. The van der Waals surface area contributed by atoms with Gasteiger partial charge in [0.1, 0.15) is 17.2 Å². The molecular formula is C24H39N5O6. The van der Waals surface area contributed by atoms with Gasteiger partial charge in [-0.15, -0.1) is 0 Å². The number of aliphatic carboxylic acids is 1. The number of piperazine rings is 1. The predicted molar refractivity (Wildman–Crippen MR) is 130 cm³/mol. The van der Waals surface area contributed by atoms with Crippen molar-refractivity contribution in [2.24, 2.45) is 0 Å². The number of anilines is 1. The molecule has 1 N–H and O–H groups in total. The number of imide groups is 1. The zero-order chi connectivity index (χ0) is 26.8. The van der Waals surface area contributed by atoms with E-state index in [0.29, 0.717) is 24.6 Å². The normalized spacial score (nSPS) is 17.6. The number of aromatic nitrogens is 2. The Morgan fingerprint density at radius 1 is 0.943 bits per heavy atom. The molecule has 0 bridgehead atoms. The molecule has 1 aliphatic rings. The molecule has 2 heterocycles. The molecule has 11 nitrogen and oxygen atoms in total. The van der Waals surface area contributed by atoms with Gasteiger partial charge in [-0.1, -0.05) is 0 Å². The van der Waals surface area contributed by atoms with Gasteiger partial charge in [-0.25, -0.2) is 24.5 Å². The average Bonchev–Trinajstić information content (AvgIpc) is 2.68. The second kappa shape index (κ2) is 10.3. The lowest BCUT2D eigenvalue weighted by molar-refractivity contribution is -0.146. The van der Waals surface area contributed by atoms with Crippen molar-refractivity contribution in [3.05, 3.63) is 18.0 Å². The SMILES string of the molecule is CC(C)(C)OC(=O)N(Cc1cnc(N2CCN(C(C)(C)C)C(C(=O)O)C2)nc1)C(=O)OC(C)(C)C. The fraction of sp³-hybridized carbons (Fsp3) is 0.708.